The lowest BCUT2D eigenvalue weighted by Gasteiger charge is -2.41. The van der Waals surface area contributed by atoms with Gasteiger partial charge in [-0.15, -0.1) is 12.8 Å². The summed E-state index contributed by atoms with van der Waals surface area (Å²) in [6, 6.07) is 13.1. The Balaban J connectivity index is 0.000000256. The van der Waals surface area contributed by atoms with Gasteiger partial charge < -0.3 is 34.3 Å². The summed E-state index contributed by atoms with van der Waals surface area (Å²) in [5.41, 5.74) is 6.06. The highest BCUT2D eigenvalue weighted by Crippen LogP contribution is 2.64. The first kappa shape index (κ1) is 43.1. The van der Waals surface area contributed by atoms with E-state index in [1.165, 1.54) is 72.7 Å². The first-order valence-corrected chi connectivity index (χ1v) is 20.1. The van der Waals surface area contributed by atoms with Gasteiger partial charge in [0.15, 0.2) is 0 Å². The number of hydrogen-bond acceptors (Lipinski definition) is 6. The number of aldehydes is 1. The van der Waals surface area contributed by atoms with E-state index in [2.05, 4.69) is 73.6 Å². The number of methoxy groups -OCH3 is 1. The Kier molecular flexibility index (Phi) is 13.9. The molecule has 8 nitrogen and oxygen atoms in total. The summed E-state index contributed by atoms with van der Waals surface area (Å²) in [4.78, 5) is 29.2. The Bertz CT molecular complexity index is 1780. The summed E-state index contributed by atoms with van der Waals surface area (Å²) in [6.07, 6.45) is 18.2. The maximum atomic E-state index is 12.5. The molecule has 2 N–H and O–H groups in total. The first-order chi connectivity index (χ1) is 25.7. The van der Waals surface area contributed by atoms with Crippen molar-refractivity contribution in [3.63, 3.8) is 0 Å². The second-order valence-corrected chi connectivity index (χ2v) is 17.4. The lowest BCUT2D eigenvalue weighted by Crippen LogP contribution is -2.50. The molecule has 0 spiro atoms. The maximum absolute atomic E-state index is 12.5. The average Bonchev–Trinajstić information content (AvgIpc) is 3.73. The Morgan fingerprint density at radius 2 is 1.67 bits per heavy atom. The van der Waals surface area contributed by atoms with Gasteiger partial charge in [0.05, 0.1) is 23.8 Å². The number of benzene rings is 2. The van der Waals surface area contributed by atoms with Gasteiger partial charge in [-0.05, 0) is 125 Å². The van der Waals surface area contributed by atoms with Crippen molar-refractivity contribution in [2.75, 3.05) is 48.9 Å². The number of amides is 1. The monoisotopic (exact) mass is 741 g/mol. The van der Waals surface area contributed by atoms with Crippen molar-refractivity contribution in [2.24, 2.45) is 16.7 Å². The van der Waals surface area contributed by atoms with Crippen molar-refractivity contribution in [1.82, 2.24) is 19.7 Å². The molecule has 3 aromatic rings. The summed E-state index contributed by atoms with van der Waals surface area (Å²) in [6.45, 7) is 12.3. The Morgan fingerprint density at radius 3 is 2.20 bits per heavy atom. The molecule has 1 saturated heterocycles. The van der Waals surface area contributed by atoms with Gasteiger partial charge in [0, 0.05) is 48.2 Å². The van der Waals surface area contributed by atoms with Crippen LogP contribution in [0.3, 0.4) is 0 Å². The summed E-state index contributed by atoms with van der Waals surface area (Å²) < 4.78 is 7.92. The molecule has 3 aliphatic carbocycles. The van der Waals surface area contributed by atoms with Gasteiger partial charge in [0.1, 0.15) is 12.0 Å². The van der Waals surface area contributed by atoms with Crippen LogP contribution in [0.4, 0.5) is 0 Å². The molecule has 5 unspecified atom stereocenters. The van der Waals surface area contributed by atoms with Crippen molar-refractivity contribution < 1.29 is 19.4 Å². The van der Waals surface area contributed by atoms with Crippen molar-refractivity contribution >= 4 is 23.1 Å². The maximum Gasteiger partial charge on any atom is 0.251 e. The lowest BCUT2D eigenvalue weighted by molar-refractivity contribution is -0.112. The summed E-state index contributed by atoms with van der Waals surface area (Å²) in [5, 5.41) is 14.5. The Hall–Kier alpha value is -3.64. The molecule has 0 radical (unpaired) electrons. The largest absolute Gasteiger partial charge is 0.497 e. The van der Waals surface area contributed by atoms with Crippen LogP contribution >= 0.6 is 0 Å². The number of aromatic nitrogens is 1. The van der Waals surface area contributed by atoms with Crippen molar-refractivity contribution in [1.29, 1.82) is 0 Å². The molecule has 0 bridgehead atoms. The van der Waals surface area contributed by atoms with E-state index in [0.29, 0.717) is 24.1 Å². The van der Waals surface area contributed by atoms with Gasteiger partial charge in [0.2, 0.25) is 0 Å². The van der Waals surface area contributed by atoms with E-state index in [0.717, 1.165) is 36.4 Å². The molecule has 3 saturated carbocycles. The second kappa shape index (κ2) is 17.4. The van der Waals surface area contributed by atoms with Gasteiger partial charge in [-0.2, -0.15) is 0 Å². The van der Waals surface area contributed by atoms with Crippen LogP contribution in [0.15, 0.2) is 36.4 Å². The summed E-state index contributed by atoms with van der Waals surface area (Å²) in [7, 11) is 11.5. The third-order valence-electron chi connectivity index (χ3n) is 12.5. The Labute approximate surface area is 326 Å². The SMILES string of the molecule is C#C.CC.CN(C)C.CN1CC2CC(O)(C(C)(C)C)CC21.CNC(=O)c1ccc2c(C3CCCCC3)c3n(c2c1)CC1(C=O)CC1c1cc(OC)ccc1-3. The number of nitrogens with one attached hydrogen (secondary N) is 1. The van der Waals surface area contributed by atoms with Crippen LogP contribution in [0, 0.1) is 29.6 Å². The molecular weight excluding hydrogens is 673 g/mol. The summed E-state index contributed by atoms with van der Waals surface area (Å²) in [5.74, 6) is 2.23. The summed E-state index contributed by atoms with van der Waals surface area (Å²) >= 11 is 0. The minimum absolute atomic E-state index is 0.0329. The molecule has 54 heavy (non-hydrogen) atoms. The molecule has 2 aromatic carbocycles. The average molecular weight is 741 g/mol. The zero-order valence-electron chi connectivity index (χ0n) is 35.1. The fourth-order valence-corrected chi connectivity index (χ4v) is 9.32. The zero-order chi connectivity index (χ0) is 40.2. The predicted molar refractivity (Wildman–Crippen MR) is 223 cm³/mol. The predicted octanol–water partition coefficient (Wildman–Crippen LogP) is 8.35. The van der Waals surface area contributed by atoms with E-state index in [1.54, 1.807) is 14.2 Å². The number of hydrogen-bond donors (Lipinski definition) is 2. The second-order valence-electron chi connectivity index (χ2n) is 17.4. The fourth-order valence-electron chi connectivity index (χ4n) is 9.32. The quantitative estimate of drug-likeness (QED) is 0.207. The third-order valence-corrected chi connectivity index (χ3v) is 12.5. The third kappa shape index (κ3) is 8.29. The molecule has 1 aromatic heterocycles. The van der Waals surface area contributed by atoms with Crippen molar-refractivity contribution in [3.05, 3.63) is 53.1 Å². The highest BCUT2D eigenvalue weighted by Gasteiger charge is 2.58. The molecule has 1 amide bonds. The highest BCUT2D eigenvalue weighted by atomic mass is 16.5. The molecule has 2 aliphatic heterocycles. The molecule has 8 rings (SSSR count). The minimum atomic E-state index is -0.424. The number of ether oxygens (including phenoxy) is 1. The van der Waals surface area contributed by atoms with Crippen LogP contribution in [-0.4, -0.2) is 92.2 Å². The van der Waals surface area contributed by atoms with Crippen LogP contribution in [-0.2, 0) is 11.3 Å². The van der Waals surface area contributed by atoms with E-state index in [4.69, 9.17) is 4.74 Å². The van der Waals surface area contributed by atoms with E-state index < -0.39 is 5.60 Å². The lowest BCUT2D eigenvalue weighted by atomic mass is 9.75. The molecule has 4 fully saturated rings. The first-order valence-electron chi connectivity index (χ1n) is 20.1. The van der Waals surface area contributed by atoms with Gasteiger partial charge >= 0.3 is 0 Å². The van der Waals surface area contributed by atoms with Gasteiger partial charge in [-0.1, -0.05) is 59.9 Å². The number of terminal acetylenes is 1. The standard InChI is InChI=1S/C28H30N2O3.C11H21NO.C3H9N.C2H6.C2H2/c1-29-27(32)18-8-10-21-24(12-18)30-15-28(16-31)14-23(28)22-13-19(33-2)9-11-20(22)26(30)25(21)17-6-4-3-5-7-17;1-10(2,3)11(13)5-8-7-12(4)9(8)6-11;1-4(2)3;2*1-2/h8-13,16-17,23H,3-7,14-15H2,1-2H3,(H,29,32);8-9,13H,5-7H2,1-4H3;1-3H3;1-2H3;1-2H. The van der Waals surface area contributed by atoms with Crippen molar-refractivity contribution in [2.45, 2.75) is 116 Å². The molecule has 3 heterocycles. The topological polar surface area (TPSA) is 87.0 Å². The molecule has 5 atom stereocenters. The van der Waals surface area contributed by atoms with Crippen LogP contribution < -0.4 is 10.1 Å². The number of fused-ring (bicyclic) bond motifs is 8. The van der Waals surface area contributed by atoms with E-state index in [-0.39, 0.29) is 22.7 Å². The van der Waals surface area contributed by atoms with Crippen LogP contribution in [0.25, 0.3) is 22.2 Å². The van der Waals surface area contributed by atoms with E-state index in [9.17, 15) is 14.7 Å². The number of carbonyl (C=O) groups is 2. The number of rotatable bonds is 4. The van der Waals surface area contributed by atoms with E-state index in [1.807, 2.05) is 58.1 Å². The van der Waals surface area contributed by atoms with Crippen LogP contribution in [0.1, 0.15) is 119 Å². The van der Waals surface area contributed by atoms with Gasteiger partial charge in [-0.25, -0.2) is 0 Å². The fraction of sp³-hybridized carbons (Fsp3) is 0.609. The molecule has 296 valence electrons. The van der Waals surface area contributed by atoms with E-state index >= 15 is 0 Å². The minimum Gasteiger partial charge on any atom is -0.497 e. The number of carbonyl (C=O) groups excluding carboxylic acids is 2. The molecular formula is C46H68N4O4. The Morgan fingerprint density at radius 1 is 1.02 bits per heavy atom. The normalized spacial score (nSPS) is 26.4. The number of nitrogens with zero attached hydrogens (tertiary/aromatic N) is 3. The van der Waals surface area contributed by atoms with Crippen LogP contribution in [0.2, 0.25) is 0 Å². The van der Waals surface area contributed by atoms with Gasteiger partial charge in [0.25, 0.3) is 5.91 Å². The number of likely N-dealkylation sites (tertiary alicyclic amines) is 1. The molecule has 8 heteroatoms. The zero-order valence-corrected chi connectivity index (χ0v) is 35.1. The van der Waals surface area contributed by atoms with Crippen LogP contribution in [0.5, 0.6) is 5.75 Å². The number of aliphatic hydroxyl groups is 1. The van der Waals surface area contributed by atoms with Crippen molar-refractivity contribution in [3.8, 4) is 29.9 Å². The van der Waals surface area contributed by atoms with Gasteiger partial charge in [-0.3, -0.25) is 4.79 Å². The molecule has 5 aliphatic rings. The smallest absolute Gasteiger partial charge is 0.251 e. The highest BCUT2D eigenvalue weighted by molar-refractivity contribution is 6.01.